The van der Waals surface area contributed by atoms with Crippen molar-refractivity contribution in [3.63, 3.8) is 0 Å². The fourth-order valence-electron chi connectivity index (χ4n) is 2.05. The minimum absolute atomic E-state index is 0.426. The predicted molar refractivity (Wildman–Crippen MR) is 58.2 cm³/mol. The normalized spacial score (nSPS) is 24.8. The predicted octanol–water partition coefficient (Wildman–Crippen LogP) is 1.42. The van der Waals surface area contributed by atoms with Crippen molar-refractivity contribution in [1.29, 1.82) is 0 Å². The highest BCUT2D eigenvalue weighted by atomic mass is 15.0. The molecule has 0 bridgehead atoms. The summed E-state index contributed by atoms with van der Waals surface area (Å²) in [5.41, 5.74) is 1.27. The lowest BCUT2D eigenvalue weighted by molar-refractivity contribution is 0.360. The molecule has 0 radical (unpaired) electrons. The van der Waals surface area contributed by atoms with E-state index in [0.29, 0.717) is 12.1 Å². The van der Waals surface area contributed by atoms with Gasteiger partial charge in [-0.2, -0.15) is 0 Å². The SMILES string of the molecule is CC(NC1CCCNC1)c1ccc[nH]1. The summed E-state index contributed by atoms with van der Waals surface area (Å²) in [6.45, 7) is 4.49. The van der Waals surface area contributed by atoms with E-state index >= 15 is 0 Å². The molecule has 1 aromatic heterocycles. The first-order valence-corrected chi connectivity index (χ1v) is 5.46. The Hall–Kier alpha value is -0.800. The summed E-state index contributed by atoms with van der Waals surface area (Å²) in [5.74, 6) is 0. The summed E-state index contributed by atoms with van der Waals surface area (Å²) >= 11 is 0. The topological polar surface area (TPSA) is 39.8 Å². The van der Waals surface area contributed by atoms with Gasteiger partial charge in [0.25, 0.3) is 0 Å². The molecule has 0 saturated carbocycles. The minimum atomic E-state index is 0.426. The quantitative estimate of drug-likeness (QED) is 0.679. The summed E-state index contributed by atoms with van der Waals surface area (Å²) in [6, 6.07) is 5.23. The molecule has 1 saturated heterocycles. The lowest BCUT2D eigenvalue weighted by Gasteiger charge is -2.26. The Bertz CT molecular complexity index is 250. The van der Waals surface area contributed by atoms with Gasteiger partial charge in [-0.15, -0.1) is 0 Å². The number of aromatic amines is 1. The highest BCUT2D eigenvalue weighted by Gasteiger charge is 2.15. The third kappa shape index (κ3) is 2.36. The van der Waals surface area contributed by atoms with Gasteiger partial charge >= 0.3 is 0 Å². The molecule has 2 atom stereocenters. The van der Waals surface area contributed by atoms with Crippen molar-refractivity contribution in [2.24, 2.45) is 0 Å². The van der Waals surface area contributed by atoms with Crippen molar-refractivity contribution in [2.45, 2.75) is 31.8 Å². The second-order valence-electron chi connectivity index (χ2n) is 4.06. The van der Waals surface area contributed by atoms with Gasteiger partial charge in [0.2, 0.25) is 0 Å². The molecule has 3 N–H and O–H groups in total. The number of rotatable bonds is 3. The molecular weight excluding hydrogens is 174 g/mol. The van der Waals surface area contributed by atoms with Crippen molar-refractivity contribution >= 4 is 0 Å². The van der Waals surface area contributed by atoms with E-state index in [1.54, 1.807) is 0 Å². The van der Waals surface area contributed by atoms with Crippen molar-refractivity contribution in [1.82, 2.24) is 15.6 Å². The molecule has 2 rings (SSSR count). The summed E-state index contributed by atoms with van der Waals surface area (Å²) in [4.78, 5) is 3.24. The van der Waals surface area contributed by atoms with Crippen LogP contribution in [-0.4, -0.2) is 24.1 Å². The van der Waals surface area contributed by atoms with Gasteiger partial charge in [0, 0.05) is 30.5 Å². The van der Waals surface area contributed by atoms with E-state index in [0.717, 1.165) is 6.54 Å². The summed E-state index contributed by atoms with van der Waals surface area (Å²) in [5, 5.41) is 7.04. The maximum Gasteiger partial charge on any atom is 0.0446 e. The lowest BCUT2D eigenvalue weighted by Crippen LogP contribution is -2.44. The second-order valence-corrected chi connectivity index (χ2v) is 4.06. The molecule has 14 heavy (non-hydrogen) atoms. The van der Waals surface area contributed by atoms with Crippen LogP contribution in [0.1, 0.15) is 31.5 Å². The molecule has 3 nitrogen and oxygen atoms in total. The van der Waals surface area contributed by atoms with E-state index in [4.69, 9.17) is 0 Å². The molecule has 0 spiro atoms. The molecule has 1 aliphatic heterocycles. The van der Waals surface area contributed by atoms with Gasteiger partial charge in [0.15, 0.2) is 0 Å². The van der Waals surface area contributed by atoms with E-state index in [1.807, 2.05) is 12.3 Å². The maximum absolute atomic E-state index is 3.63. The Labute approximate surface area is 85.3 Å². The molecule has 78 valence electrons. The highest BCUT2D eigenvalue weighted by Crippen LogP contribution is 2.12. The number of aromatic nitrogens is 1. The molecule has 2 heterocycles. The number of piperidine rings is 1. The smallest absolute Gasteiger partial charge is 0.0446 e. The van der Waals surface area contributed by atoms with Crippen LogP contribution < -0.4 is 10.6 Å². The van der Waals surface area contributed by atoms with E-state index in [9.17, 15) is 0 Å². The number of nitrogens with one attached hydrogen (secondary N) is 3. The van der Waals surface area contributed by atoms with Gasteiger partial charge < -0.3 is 15.6 Å². The molecule has 0 aliphatic carbocycles. The van der Waals surface area contributed by atoms with Gasteiger partial charge in [0.1, 0.15) is 0 Å². The van der Waals surface area contributed by atoms with Gasteiger partial charge in [-0.05, 0) is 38.4 Å². The summed E-state index contributed by atoms with van der Waals surface area (Å²) < 4.78 is 0. The van der Waals surface area contributed by atoms with Crippen LogP contribution >= 0.6 is 0 Å². The zero-order chi connectivity index (χ0) is 9.80. The molecule has 1 aromatic rings. The number of hydrogen-bond acceptors (Lipinski definition) is 2. The van der Waals surface area contributed by atoms with Crippen molar-refractivity contribution in [3.05, 3.63) is 24.0 Å². The Kier molecular flexibility index (Phi) is 3.22. The third-order valence-corrected chi connectivity index (χ3v) is 2.87. The van der Waals surface area contributed by atoms with Crippen molar-refractivity contribution < 1.29 is 0 Å². The second kappa shape index (κ2) is 4.62. The number of H-pyrrole nitrogens is 1. The van der Waals surface area contributed by atoms with Gasteiger partial charge in [0.05, 0.1) is 0 Å². The van der Waals surface area contributed by atoms with Crippen LogP contribution in [0.5, 0.6) is 0 Å². The third-order valence-electron chi connectivity index (χ3n) is 2.87. The monoisotopic (exact) mass is 193 g/mol. The fourth-order valence-corrected chi connectivity index (χ4v) is 2.05. The Morgan fingerprint density at radius 2 is 2.50 bits per heavy atom. The van der Waals surface area contributed by atoms with E-state index in [1.165, 1.54) is 25.1 Å². The van der Waals surface area contributed by atoms with Gasteiger partial charge in [-0.1, -0.05) is 0 Å². The average Bonchev–Trinajstić information content (AvgIpc) is 2.72. The Morgan fingerprint density at radius 1 is 1.57 bits per heavy atom. The molecule has 0 aromatic carbocycles. The zero-order valence-electron chi connectivity index (χ0n) is 8.72. The summed E-state index contributed by atoms with van der Waals surface area (Å²) in [6.07, 6.45) is 4.56. The first-order chi connectivity index (χ1) is 6.86. The Balaban J connectivity index is 1.84. The van der Waals surface area contributed by atoms with Crippen LogP contribution in [0.2, 0.25) is 0 Å². The maximum atomic E-state index is 3.63. The molecular formula is C11H19N3. The van der Waals surface area contributed by atoms with E-state index in [-0.39, 0.29) is 0 Å². The average molecular weight is 193 g/mol. The molecule has 0 amide bonds. The van der Waals surface area contributed by atoms with Crippen LogP contribution in [0.4, 0.5) is 0 Å². The van der Waals surface area contributed by atoms with E-state index < -0.39 is 0 Å². The van der Waals surface area contributed by atoms with Crippen molar-refractivity contribution in [2.75, 3.05) is 13.1 Å². The van der Waals surface area contributed by atoms with Crippen LogP contribution in [0.3, 0.4) is 0 Å². The standard InChI is InChI=1S/C11H19N3/c1-9(11-5-3-7-13-11)14-10-4-2-6-12-8-10/h3,5,7,9-10,12-14H,2,4,6,8H2,1H3. The van der Waals surface area contributed by atoms with Crippen LogP contribution in [0.25, 0.3) is 0 Å². The summed E-state index contributed by atoms with van der Waals surface area (Å²) in [7, 11) is 0. The molecule has 1 fully saturated rings. The van der Waals surface area contributed by atoms with Crippen LogP contribution in [0.15, 0.2) is 18.3 Å². The van der Waals surface area contributed by atoms with E-state index in [2.05, 4.69) is 28.6 Å². The highest BCUT2D eigenvalue weighted by molar-refractivity contribution is 5.08. The first kappa shape index (κ1) is 9.74. The molecule has 3 heteroatoms. The van der Waals surface area contributed by atoms with Gasteiger partial charge in [-0.3, -0.25) is 0 Å². The van der Waals surface area contributed by atoms with Gasteiger partial charge in [-0.25, -0.2) is 0 Å². The largest absolute Gasteiger partial charge is 0.364 e. The minimum Gasteiger partial charge on any atom is -0.364 e. The zero-order valence-corrected chi connectivity index (χ0v) is 8.72. The van der Waals surface area contributed by atoms with Crippen molar-refractivity contribution in [3.8, 4) is 0 Å². The first-order valence-electron chi connectivity index (χ1n) is 5.46. The molecule has 2 unspecified atom stereocenters. The lowest BCUT2D eigenvalue weighted by atomic mass is 10.1. The van der Waals surface area contributed by atoms with Crippen LogP contribution in [0, 0.1) is 0 Å². The van der Waals surface area contributed by atoms with Crippen LogP contribution in [-0.2, 0) is 0 Å². The fraction of sp³-hybridized carbons (Fsp3) is 0.636. The number of hydrogen-bond donors (Lipinski definition) is 3. The molecule has 1 aliphatic rings. The Morgan fingerprint density at radius 3 is 3.14 bits per heavy atom.